The van der Waals surface area contributed by atoms with E-state index in [-0.39, 0.29) is 42.9 Å². The third-order valence-electron chi connectivity index (χ3n) is 6.21. The number of carbonyl (C=O) groups is 3. The van der Waals surface area contributed by atoms with Gasteiger partial charge in [-0.2, -0.15) is 0 Å². The fourth-order valence-electron chi connectivity index (χ4n) is 4.25. The molecule has 9 nitrogen and oxygen atoms in total. The number of aromatic nitrogens is 2. The van der Waals surface area contributed by atoms with Crippen LogP contribution in [0.3, 0.4) is 0 Å². The van der Waals surface area contributed by atoms with Crippen LogP contribution in [0.2, 0.25) is 0 Å². The summed E-state index contributed by atoms with van der Waals surface area (Å²) < 4.78 is 6.92. The van der Waals surface area contributed by atoms with Gasteiger partial charge < -0.3 is 15.0 Å². The maximum Gasteiger partial charge on any atom is 0.326 e. The van der Waals surface area contributed by atoms with Crippen LogP contribution in [-0.2, 0) is 23.0 Å². The van der Waals surface area contributed by atoms with Crippen molar-refractivity contribution in [2.24, 2.45) is 12.8 Å². The number of hydrogen-bond donors (Lipinski definition) is 2. The van der Waals surface area contributed by atoms with Gasteiger partial charge in [0.05, 0.1) is 12.1 Å². The van der Waals surface area contributed by atoms with E-state index < -0.39 is 11.9 Å². The highest BCUT2D eigenvalue weighted by Crippen LogP contribution is 2.28. The van der Waals surface area contributed by atoms with Crippen molar-refractivity contribution in [1.29, 1.82) is 5.41 Å². The van der Waals surface area contributed by atoms with Crippen molar-refractivity contribution in [3.63, 3.8) is 0 Å². The average molecular weight is 548 g/mol. The smallest absolute Gasteiger partial charge is 0.326 e. The summed E-state index contributed by atoms with van der Waals surface area (Å²) in [5.41, 5.74) is 9.16. The van der Waals surface area contributed by atoms with Crippen LogP contribution in [0.1, 0.15) is 45.3 Å². The summed E-state index contributed by atoms with van der Waals surface area (Å²) in [4.78, 5) is 44.2. The number of amidine groups is 1. The van der Waals surface area contributed by atoms with Crippen LogP contribution >= 0.6 is 12.4 Å². The molecule has 3 N–H and O–H groups in total. The van der Waals surface area contributed by atoms with Crippen LogP contribution in [0, 0.1) is 5.41 Å². The van der Waals surface area contributed by atoms with Crippen LogP contribution in [0.5, 0.6) is 0 Å². The van der Waals surface area contributed by atoms with E-state index in [4.69, 9.17) is 15.9 Å². The van der Waals surface area contributed by atoms with Gasteiger partial charge in [0.25, 0.3) is 5.91 Å². The molecule has 4 aromatic rings. The van der Waals surface area contributed by atoms with Gasteiger partial charge in [0.2, 0.25) is 0 Å². The second-order valence-corrected chi connectivity index (χ2v) is 8.80. The molecule has 0 radical (unpaired) electrons. The van der Waals surface area contributed by atoms with Gasteiger partial charge in [0, 0.05) is 48.1 Å². The van der Waals surface area contributed by atoms with Crippen molar-refractivity contribution in [3.05, 3.63) is 95.4 Å². The number of carbonyl (C=O) groups excluding carboxylic acids is 3. The highest BCUT2D eigenvalue weighted by atomic mass is 35.5. The third kappa shape index (κ3) is 6.69. The first kappa shape index (κ1) is 29.1. The average Bonchev–Trinajstić information content (AvgIpc) is 3.26. The Labute approximate surface area is 232 Å². The summed E-state index contributed by atoms with van der Waals surface area (Å²) in [6.45, 7) is 1.64. The van der Waals surface area contributed by atoms with E-state index in [2.05, 4.69) is 4.98 Å². The Morgan fingerprint density at radius 2 is 1.82 bits per heavy atom. The van der Waals surface area contributed by atoms with Crippen LogP contribution < -0.4 is 10.6 Å². The molecule has 39 heavy (non-hydrogen) atoms. The highest BCUT2D eigenvalue weighted by molar-refractivity contribution is 6.11. The van der Waals surface area contributed by atoms with Crippen molar-refractivity contribution < 1.29 is 19.1 Å². The number of pyridine rings is 1. The molecule has 0 spiro atoms. The SMILES string of the molecule is CCOC(=O)CN(C(=O)c1ccccn1)c1ccc2c(C(=O)CCc3ccc(C(=N)N)cc3)cn(C)c2c1.Cl. The second-order valence-electron chi connectivity index (χ2n) is 8.80. The van der Waals surface area contributed by atoms with Gasteiger partial charge in [-0.1, -0.05) is 36.4 Å². The van der Waals surface area contributed by atoms with E-state index in [1.165, 1.54) is 11.1 Å². The molecular weight excluding hydrogens is 518 g/mol. The van der Waals surface area contributed by atoms with Crippen molar-refractivity contribution in [2.75, 3.05) is 18.1 Å². The fraction of sp³-hybridized carbons (Fsp3) is 0.207. The zero-order valence-electron chi connectivity index (χ0n) is 21.7. The number of hydrogen-bond acceptors (Lipinski definition) is 6. The molecule has 0 aliphatic rings. The number of nitrogen functional groups attached to an aromatic ring is 1. The molecule has 2 heterocycles. The van der Waals surface area contributed by atoms with E-state index in [1.807, 2.05) is 23.7 Å². The Balaban J connectivity index is 0.00000420. The zero-order valence-corrected chi connectivity index (χ0v) is 22.5. The molecule has 4 rings (SSSR count). The van der Waals surface area contributed by atoms with Crippen molar-refractivity contribution in [2.45, 2.75) is 19.8 Å². The Hall–Kier alpha value is -4.50. The Morgan fingerprint density at radius 1 is 1.08 bits per heavy atom. The summed E-state index contributed by atoms with van der Waals surface area (Å²) >= 11 is 0. The topological polar surface area (TPSA) is 131 Å². The molecule has 0 fully saturated rings. The van der Waals surface area contributed by atoms with Crippen LogP contribution in [0.15, 0.2) is 73.1 Å². The summed E-state index contributed by atoms with van der Waals surface area (Å²) in [6.07, 6.45) is 4.17. The molecule has 0 aliphatic heterocycles. The molecule has 0 saturated heterocycles. The van der Waals surface area contributed by atoms with Gasteiger partial charge in [-0.05, 0) is 43.2 Å². The first-order valence-corrected chi connectivity index (χ1v) is 12.2. The number of rotatable bonds is 10. The predicted molar refractivity (Wildman–Crippen MR) is 153 cm³/mol. The molecule has 0 unspecified atom stereocenters. The highest BCUT2D eigenvalue weighted by Gasteiger charge is 2.24. The number of nitrogens with one attached hydrogen (secondary N) is 1. The number of esters is 1. The number of fused-ring (bicyclic) bond motifs is 1. The van der Waals surface area contributed by atoms with Crippen molar-refractivity contribution >= 4 is 52.5 Å². The van der Waals surface area contributed by atoms with E-state index >= 15 is 0 Å². The third-order valence-corrected chi connectivity index (χ3v) is 6.21. The monoisotopic (exact) mass is 547 g/mol. The number of nitrogens with zero attached hydrogens (tertiary/aromatic N) is 3. The van der Waals surface area contributed by atoms with Gasteiger partial charge in [-0.3, -0.25) is 29.7 Å². The number of aryl methyl sites for hydroxylation is 2. The Morgan fingerprint density at radius 3 is 2.46 bits per heavy atom. The molecule has 10 heteroatoms. The van der Waals surface area contributed by atoms with E-state index in [9.17, 15) is 14.4 Å². The van der Waals surface area contributed by atoms with Gasteiger partial charge in [0.1, 0.15) is 18.1 Å². The maximum absolute atomic E-state index is 13.3. The van der Waals surface area contributed by atoms with Gasteiger partial charge >= 0.3 is 5.97 Å². The lowest BCUT2D eigenvalue weighted by atomic mass is 10.0. The number of benzene rings is 2. The number of ketones is 1. The van der Waals surface area contributed by atoms with Gasteiger partial charge in [-0.25, -0.2) is 0 Å². The molecule has 2 aromatic carbocycles. The van der Waals surface area contributed by atoms with E-state index in [0.29, 0.717) is 29.7 Å². The minimum Gasteiger partial charge on any atom is -0.465 e. The molecule has 202 valence electrons. The summed E-state index contributed by atoms with van der Waals surface area (Å²) in [5.74, 6) is -0.965. The number of nitrogens with two attached hydrogens (primary N) is 1. The van der Waals surface area contributed by atoms with E-state index in [1.54, 1.807) is 61.7 Å². The molecular formula is C29H30ClN5O4. The largest absolute Gasteiger partial charge is 0.465 e. The lowest BCUT2D eigenvalue weighted by Gasteiger charge is -2.22. The number of ether oxygens (including phenoxy) is 1. The summed E-state index contributed by atoms with van der Waals surface area (Å²) in [6, 6.07) is 17.6. The minimum absolute atomic E-state index is 0. The Bertz CT molecular complexity index is 1500. The molecule has 0 saturated carbocycles. The van der Waals surface area contributed by atoms with Gasteiger partial charge in [0.15, 0.2) is 5.78 Å². The van der Waals surface area contributed by atoms with Crippen molar-refractivity contribution in [1.82, 2.24) is 9.55 Å². The summed E-state index contributed by atoms with van der Waals surface area (Å²) in [7, 11) is 1.83. The number of halogens is 1. The molecule has 0 aliphatic carbocycles. The number of amides is 1. The molecule has 2 aromatic heterocycles. The van der Waals surface area contributed by atoms with Crippen LogP contribution in [-0.4, -0.2) is 46.2 Å². The fourth-order valence-corrected chi connectivity index (χ4v) is 4.25. The first-order valence-electron chi connectivity index (χ1n) is 12.2. The number of Topliss-reactive ketones (excluding diaryl/α,β-unsaturated/α-hetero) is 1. The summed E-state index contributed by atoms with van der Waals surface area (Å²) in [5, 5.41) is 8.26. The molecule has 0 bridgehead atoms. The van der Waals surface area contributed by atoms with Gasteiger partial charge in [-0.15, -0.1) is 12.4 Å². The lowest BCUT2D eigenvalue weighted by molar-refractivity contribution is -0.141. The standard InChI is InChI=1S/C29H29N5O4.ClH/c1-3-38-27(36)18-34(29(37)24-6-4-5-15-32-24)21-12-13-22-23(17-33(2)25(22)16-21)26(35)14-9-19-7-10-20(11-8-19)28(30)31;/h4-8,10-13,15-17H,3,9,14,18H2,1-2H3,(H3,30,31);1H. The van der Waals surface area contributed by atoms with Crippen LogP contribution in [0.4, 0.5) is 5.69 Å². The molecule has 1 amide bonds. The van der Waals surface area contributed by atoms with Crippen molar-refractivity contribution in [3.8, 4) is 0 Å². The minimum atomic E-state index is -0.532. The predicted octanol–water partition coefficient (Wildman–Crippen LogP) is 4.30. The zero-order chi connectivity index (χ0) is 27.2. The maximum atomic E-state index is 13.3. The number of anilines is 1. The lowest BCUT2D eigenvalue weighted by Crippen LogP contribution is -2.37. The Kier molecular flexibility index (Phi) is 9.57. The molecule has 0 atom stereocenters. The quantitative estimate of drug-likeness (QED) is 0.132. The first-order chi connectivity index (χ1) is 18.3. The second kappa shape index (κ2) is 12.8. The van der Waals surface area contributed by atoms with E-state index in [0.717, 1.165) is 16.5 Å². The normalized spacial score (nSPS) is 10.5. The van der Waals surface area contributed by atoms with Crippen LogP contribution in [0.25, 0.3) is 10.9 Å².